The molecule has 0 heterocycles. The molecule has 0 radical (unpaired) electrons. The predicted octanol–water partition coefficient (Wildman–Crippen LogP) is 2.53. The van der Waals surface area contributed by atoms with Crippen LogP contribution in [0.1, 0.15) is 31.9 Å². The highest BCUT2D eigenvalue weighted by Gasteiger charge is 2.22. The zero-order chi connectivity index (χ0) is 13.1. The topological polar surface area (TPSA) is 52.8 Å². The van der Waals surface area contributed by atoms with Crippen LogP contribution >= 0.6 is 0 Å². The molecule has 1 rings (SSSR count). The normalized spacial score (nSPS) is 14.2. The van der Waals surface area contributed by atoms with Crippen LogP contribution in [-0.2, 0) is 0 Å². The molecule has 0 saturated carbocycles. The molecule has 0 aliphatic heterocycles. The Kier molecular flexibility index (Phi) is 4.29. The Morgan fingerprint density at radius 2 is 2.00 bits per heavy atom. The number of nitrogens with zero attached hydrogens (tertiary/aromatic N) is 1. The molecular formula is C14H21NO2. The minimum absolute atomic E-state index is 0.00653. The van der Waals surface area contributed by atoms with Crippen molar-refractivity contribution in [3.63, 3.8) is 0 Å². The number of aliphatic imine (C=N–C) groups is 1. The summed E-state index contributed by atoms with van der Waals surface area (Å²) < 4.78 is 0. The van der Waals surface area contributed by atoms with E-state index in [4.69, 9.17) is 0 Å². The SMILES string of the molecule is Cc1cccc(C=N[C@H](CO)C(C)(C)C)c1O. The lowest BCUT2D eigenvalue weighted by molar-refractivity contribution is 0.191. The minimum Gasteiger partial charge on any atom is -0.507 e. The number of hydrogen-bond donors (Lipinski definition) is 2. The van der Waals surface area contributed by atoms with Gasteiger partial charge < -0.3 is 10.2 Å². The largest absolute Gasteiger partial charge is 0.507 e. The molecule has 1 aromatic rings. The minimum atomic E-state index is -0.164. The lowest BCUT2D eigenvalue weighted by Gasteiger charge is -2.25. The van der Waals surface area contributed by atoms with Crippen LogP contribution in [0, 0.1) is 12.3 Å². The first kappa shape index (κ1) is 13.7. The molecule has 17 heavy (non-hydrogen) atoms. The van der Waals surface area contributed by atoms with E-state index in [9.17, 15) is 10.2 Å². The number of phenols is 1. The number of phenolic OH excluding ortho intramolecular Hbond substituents is 1. The van der Waals surface area contributed by atoms with Gasteiger partial charge in [-0.15, -0.1) is 0 Å². The van der Waals surface area contributed by atoms with Crippen molar-refractivity contribution in [1.29, 1.82) is 0 Å². The maximum absolute atomic E-state index is 9.83. The van der Waals surface area contributed by atoms with Crippen LogP contribution in [0.15, 0.2) is 23.2 Å². The van der Waals surface area contributed by atoms with E-state index in [1.165, 1.54) is 0 Å². The van der Waals surface area contributed by atoms with E-state index in [2.05, 4.69) is 4.99 Å². The van der Waals surface area contributed by atoms with Gasteiger partial charge in [0.25, 0.3) is 0 Å². The molecule has 0 fully saturated rings. The summed E-state index contributed by atoms with van der Waals surface area (Å²) in [6.45, 7) is 7.94. The monoisotopic (exact) mass is 235 g/mol. The number of aromatic hydroxyl groups is 1. The second-order valence-electron chi connectivity index (χ2n) is 5.36. The summed E-state index contributed by atoms with van der Waals surface area (Å²) in [6, 6.07) is 5.37. The van der Waals surface area contributed by atoms with Gasteiger partial charge >= 0.3 is 0 Å². The fraction of sp³-hybridized carbons (Fsp3) is 0.500. The second-order valence-corrected chi connectivity index (χ2v) is 5.36. The molecule has 0 aromatic heterocycles. The van der Waals surface area contributed by atoms with Gasteiger partial charge in [0.2, 0.25) is 0 Å². The fourth-order valence-electron chi connectivity index (χ4n) is 1.50. The third-order valence-corrected chi connectivity index (χ3v) is 2.84. The first-order valence-electron chi connectivity index (χ1n) is 5.79. The molecule has 3 heteroatoms. The quantitative estimate of drug-likeness (QED) is 0.791. The lowest BCUT2D eigenvalue weighted by atomic mass is 9.88. The standard InChI is InChI=1S/C14H21NO2/c1-10-6-5-7-11(13(10)17)8-15-12(9-16)14(2,3)4/h5-8,12,16-17H,9H2,1-4H3/t12-/m1/s1. The Morgan fingerprint density at radius 3 is 2.53 bits per heavy atom. The van der Waals surface area contributed by atoms with Gasteiger partial charge in [-0.2, -0.15) is 0 Å². The average molecular weight is 235 g/mol. The Morgan fingerprint density at radius 1 is 1.35 bits per heavy atom. The molecule has 94 valence electrons. The summed E-state index contributed by atoms with van der Waals surface area (Å²) >= 11 is 0. The summed E-state index contributed by atoms with van der Waals surface area (Å²) in [5.74, 6) is 0.252. The Balaban J connectivity index is 2.93. The van der Waals surface area contributed by atoms with Crippen LogP contribution in [-0.4, -0.2) is 29.1 Å². The van der Waals surface area contributed by atoms with E-state index in [-0.39, 0.29) is 23.8 Å². The summed E-state index contributed by atoms with van der Waals surface area (Å²) in [7, 11) is 0. The Labute approximate surface area is 103 Å². The number of aliphatic hydroxyl groups is 1. The zero-order valence-electron chi connectivity index (χ0n) is 10.9. The van der Waals surface area contributed by atoms with Crippen LogP contribution in [0.2, 0.25) is 0 Å². The van der Waals surface area contributed by atoms with Crippen molar-refractivity contribution in [1.82, 2.24) is 0 Å². The molecule has 0 spiro atoms. The smallest absolute Gasteiger partial charge is 0.127 e. The number of aliphatic hydroxyl groups excluding tert-OH is 1. The van der Waals surface area contributed by atoms with Crippen molar-refractivity contribution >= 4 is 6.21 Å². The predicted molar refractivity (Wildman–Crippen MR) is 70.8 cm³/mol. The van der Waals surface area contributed by atoms with Crippen LogP contribution in [0.3, 0.4) is 0 Å². The summed E-state index contributed by atoms with van der Waals surface area (Å²) in [5, 5.41) is 19.1. The van der Waals surface area contributed by atoms with E-state index < -0.39 is 0 Å². The Bertz CT molecular complexity index is 405. The van der Waals surface area contributed by atoms with E-state index >= 15 is 0 Å². The van der Waals surface area contributed by atoms with Crippen molar-refractivity contribution in [2.45, 2.75) is 33.7 Å². The van der Waals surface area contributed by atoms with Crippen molar-refractivity contribution in [3.8, 4) is 5.75 Å². The van der Waals surface area contributed by atoms with Crippen LogP contribution in [0.4, 0.5) is 0 Å². The third kappa shape index (κ3) is 3.56. The third-order valence-electron chi connectivity index (χ3n) is 2.84. The van der Waals surface area contributed by atoms with Crippen molar-refractivity contribution in [2.24, 2.45) is 10.4 Å². The number of benzene rings is 1. The van der Waals surface area contributed by atoms with Crippen molar-refractivity contribution in [3.05, 3.63) is 29.3 Å². The second kappa shape index (κ2) is 5.32. The van der Waals surface area contributed by atoms with Crippen molar-refractivity contribution in [2.75, 3.05) is 6.61 Å². The van der Waals surface area contributed by atoms with Crippen LogP contribution in [0.5, 0.6) is 5.75 Å². The number of hydrogen-bond acceptors (Lipinski definition) is 3. The van der Waals surface area contributed by atoms with Gasteiger partial charge in [0.05, 0.1) is 12.6 Å². The van der Waals surface area contributed by atoms with Crippen LogP contribution < -0.4 is 0 Å². The summed E-state index contributed by atoms with van der Waals surface area (Å²) in [5.41, 5.74) is 1.42. The summed E-state index contributed by atoms with van der Waals surface area (Å²) in [6.07, 6.45) is 1.63. The van der Waals surface area contributed by atoms with Crippen molar-refractivity contribution < 1.29 is 10.2 Å². The Hall–Kier alpha value is -1.35. The molecule has 0 aliphatic rings. The first-order chi connectivity index (χ1) is 7.86. The van der Waals surface area contributed by atoms with Gasteiger partial charge in [-0.1, -0.05) is 32.9 Å². The fourth-order valence-corrected chi connectivity index (χ4v) is 1.50. The highest BCUT2D eigenvalue weighted by molar-refractivity contribution is 5.84. The van der Waals surface area contributed by atoms with E-state index in [1.807, 2.05) is 45.9 Å². The van der Waals surface area contributed by atoms with Gasteiger partial charge in [-0.05, 0) is 24.0 Å². The molecule has 2 N–H and O–H groups in total. The number of rotatable bonds is 3. The molecule has 0 saturated heterocycles. The molecule has 0 aliphatic carbocycles. The first-order valence-corrected chi connectivity index (χ1v) is 5.79. The van der Waals surface area contributed by atoms with Gasteiger partial charge in [-0.3, -0.25) is 4.99 Å². The maximum Gasteiger partial charge on any atom is 0.127 e. The molecule has 0 amide bonds. The van der Waals surface area contributed by atoms with Gasteiger partial charge in [0.1, 0.15) is 5.75 Å². The van der Waals surface area contributed by atoms with Gasteiger partial charge in [0.15, 0.2) is 0 Å². The zero-order valence-corrected chi connectivity index (χ0v) is 10.9. The van der Waals surface area contributed by atoms with Gasteiger partial charge in [0, 0.05) is 11.8 Å². The molecule has 1 aromatic carbocycles. The van der Waals surface area contributed by atoms with Crippen LogP contribution in [0.25, 0.3) is 0 Å². The average Bonchev–Trinajstić information content (AvgIpc) is 2.23. The lowest BCUT2D eigenvalue weighted by Crippen LogP contribution is -2.28. The highest BCUT2D eigenvalue weighted by atomic mass is 16.3. The summed E-state index contributed by atoms with van der Waals surface area (Å²) in [4.78, 5) is 4.35. The van der Waals surface area contributed by atoms with Gasteiger partial charge in [-0.25, -0.2) is 0 Å². The highest BCUT2D eigenvalue weighted by Crippen LogP contribution is 2.23. The van der Waals surface area contributed by atoms with E-state index in [0.717, 1.165) is 5.56 Å². The van der Waals surface area contributed by atoms with E-state index in [0.29, 0.717) is 5.56 Å². The van der Waals surface area contributed by atoms with E-state index in [1.54, 1.807) is 6.21 Å². The number of para-hydroxylation sites is 1. The molecule has 0 unspecified atom stereocenters. The molecule has 3 nitrogen and oxygen atoms in total. The molecule has 0 bridgehead atoms. The molecular weight excluding hydrogens is 214 g/mol. The maximum atomic E-state index is 9.83. The molecule has 1 atom stereocenters. The number of aryl methyl sites for hydroxylation is 1.